The van der Waals surface area contributed by atoms with Gasteiger partial charge in [0.25, 0.3) is 10.0 Å². The Labute approximate surface area is 123 Å². The molecule has 0 radical (unpaired) electrons. The second kappa shape index (κ2) is 5.97. The molecule has 2 aromatic rings. The van der Waals surface area contributed by atoms with E-state index in [-0.39, 0.29) is 4.90 Å². The van der Waals surface area contributed by atoms with Gasteiger partial charge in [0.2, 0.25) is 0 Å². The molecular weight excluding hydrogens is 290 g/mol. The number of carbonyl (C=O) groups is 1. The van der Waals surface area contributed by atoms with E-state index < -0.39 is 21.9 Å². The van der Waals surface area contributed by atoms with E-state index in [1.807, 2.05) is 0 Å². The van der Waals surface area contributed by atoms with E-state index in [0.29, 0.717) is 11.3 Å². The second-order valence-electron chi connectivity index (χ2n) is 4.60. The molecule has 0 fully saturated rings. The summed E-state index contributed by atoms with van der Waals surface area (Å²) in [6.07, 6.45) is 0. The van der Waals surface area contributed by atoms with Crippen LogP contribution in [0.4, 0.5) is 5.69 Å². The van der Waals surface area contributed by atoms with Crippen LogP contribution in [-0.4, -0.2) is 19.5 Å². The van der Waals surface area contributed by atoms with Gasteiger partial charge in [-0.2, -0.15) is 0 Å². The van der Waals surface area contributed by atoms with E-state index in [4.69, 9.17) is 5.11 Å². The first kappa shape index (κ1) is 15.1. The van der Waals surface area contributed by atoms with E-state index in [2.05, 4.69) is 4.72 Å². The molecule has 2 aromatic carbocycles. The van der Waals surface area contributed by atoms with Crippen LogP contribution in [0, 0.1) is 0 Å². The van der Waals surface area contributed by atoms with Gasteiger partial charge in [-0.3, -0.25) is 9.52 Å². The van der Waals surface area contributed by atoms with E-state index in [1.54, 1.807) is 49.4 Å². The molecule has 6 heteroatoms. The van der Waals surface area contributed by atoms with Crippen LogP contribution < -0.4 is 4.72 Å². The Morgan fingerprint density at radius 1 is 1.05 bits per heavy atom. The molecule has 0 aliphatic rings. The van der Waals surface area contributed by atoms with Crippen molar-refractivity contribution in [3.63, 3.8) is 0 Å². The Morgan fingerprint density at radius 2 is 1.62 bits per heavy atom. The van der Waals surface area contributed by atoms with Gasteiger partial charge in [-0.15, -0.1) is 0 Å². The van der Waals surface area contributed by atoms with Gasteiger partial charge in [0.1, 0.15) is 0 Å². The number of carboxylic acid groups (broad SMARTS) is 1. The van der Waals surface area contributed by atoms with Gasteiger partial charge >= 0.3 is 5.97 Å². The lowest BCUT2D eigenvalue weighted by atomic mass is 10.0. The molecule has 0 amide bonds. The Balaban J connectivity index is 2.19. The summed E-state index contributed by atoms with van der Waals surface area (Å²) in [4.78, 5) is 11.1. The van der Waals surface area contributed by atoms with E-state index in [1.165, 1.54) is 12.1 Å². The molecule has 5 nitrogen and oxygen atoms in total. The summed E-state index contributed by atoms with van der Waals surface area (Å²) in [6.45, 7) is 1.57. The summed E-state index contributed by atoms with van der Waals surface area (Å²) >= 11 is 0. The minimum absolute atomic E-state index is 0.174. The number of hydrogen-bond acceptors (Lipinski definition) is 3. The Kier molecular flexibility index (Phi) is 4.28. The van der Waals surface area contributed by atoms with Crippen molar-refractivity contribution in [3.05, 3.63) is 60.2 Å². The van der Waals surface area contributed by atoms with Crippen LogP contribution in [0.15, 0.2) is 59.5 Å². The zero-order valence-corrected chi connectivity index (χ0v) is 12.2. The number of anilines is 1. The highest BCUT2D eigenvalue weighted by atomic mass is 32.2. The third kappa shape index (κ3) is 3.61. The van der Waals surface area contributed by atoms with E-state index in [0.717, 1.165) is 0 Å². The van der Waals surface area contributed by atoms with Crippen LogP contribution in [0.3, 0.4) is 0 Å². The van der Waals surface area contributed by atoms with E-state index in [9.17, 15) is 13.2 Å². The van der Waals surface area contributed by atoms with Gasteiger partial charge in [-0.05, 0) is 36.8 Å². The fourth-order valence-corrected chi connectivity index (χ4v) is 2.88. The van der Waals surface area contributed by atoms with Crippen molar-refractivity contribution in [1.29, 1.82) is 0 Å². The number of aliphatic carboxylic acids is 1. The number of rotatable bonds is 5. The molecule has 0 heterocycles. The number of hydrogen-bond donors (Lipinski definition) is 2. The fraction of sp³-hybridized carbons (Fsp3) is 0.133. The minimum Gasteiger partial charge on any atom is -0.481 e. The van der Waals surface area contributed by atoms with Gasteiger partial charge in [-0.1, -0.05) is 30.3 Å². The lowest BCUT2D eigenvalue weighted by Crippen LogP contribution is -2.13. The van der Waals surface area contributed by atoms with Gasteiger partial charge in [0.05, 0.1) is 10.8 Å². The monoisotopic (exact) mass is 305 g/mol. The molecule has 0 aliphatic carbocycles. The van der Waals surface area contributed by atoms with Crippen molar-refractivity contribution >= 4 is 21.7 Å². The minimum atomic E-state index is -3.63. The smallest absolute Gasteiger partial charge is 0.310 e. The molecule has 2 rings (SSSR count). The maximum absolute atomic E-state index is 12.1. The fourth-order valence-electron chi connectivity index (χ4n) is 1.80. The summed E-state index contributed by atoms with van der Waals surface area (Å²) in [7, 11) is -3.63. The Bertz CT molecular complexity index is 724. The van der Waals surface area contributed by atoms with E-state index >= 15 is 0 Å². The maximum Gasteiger partial charge on any atom is 0.310 e. The summed E-state index contributed by atoms with van der Waals surface area (Å²) in [5, 5.41) is 8.93. The molecule has 1 atom stereocenters. The van der Waals surface area contributed by atoms with Crippen LogP contribution in [-0.2, 0) is 14.8 Å². The third-order valence-corrected chi connectivity index (χ3v) is 4.48. The molecule has 0 bridgehead atoms. The van der Waals surface area contributed by atoms with Crippen LogP contribution >= 0.6 is 0 Å². The van der Waals surface area contributed by atoms with Crippen LogP contribution in [0.5, 0.6) is 0 Å². The van der Waals surface area contributed by atoms with Crippen LogP contribution in [0.25, 0.3) is 0 Å². The van der Waals surface area contributed by atoms with Crippen molar-refractivity contribution in [2.24, 2.45) is 0 Å². The molecule has 21 heavy (non-hydrogen) atoms. The van der Waals surface area contributed by atoms with Crippen molar-refractivity contribution in [2.45, 2.75) is 17.7 Å². The van der Waals surface area contributed by atoms with Crippen molar-refractivity contribution < 1.29 is 18.3 Å². The first-order valence-electron chi connectivity index (χ1n) is 6.31. The largest absolute Gasteiger partial charge is 0.481 e. The number of nitrogens with one attached hydrogen (secondary N) is 1. The lowest BCUT2D eigenvalue weighted by molar-refractivity contribution is -0.138. The first-order chi connectivity index (χ1) is 9.90. The van der Waals surface area contributed by atoms with Gasteiger partial charge in [0, 0.05) is 5.69 Å². The third-order valence-electron chi connectivity index (χ3n) is 3.09. The lowest BCUT2D eigenvalue weighted by Gasteiger charge is -2.10. The standard InChI is InChI=1S/C15H15NO4S/c1-11(15(17)18)12-7-9-13(10-8-12)16-21(19,20)14-5-3-2-4-6-14/h2-11,16H,1H3,(H,17,18)/t11-/m1/s1. The predicted octanol–water partition coefficient (Wildman–Crippen LogP) is 2.68. The molecule has 0 aliphatic heterocycles. The molecule has 0 unspecified atom stereocenters. The summed E-state index contributed by atoms with van der Waals surface area (Å²) < 4.78 is 26.7. The van der Waals surface area contributed by atoms with Crippen molar-refractivity contribution in [3.8, 4) is 0 Å². The van der Waals surface area contributed by atoms with Crippen molar-refractivity contribution in [1.82, 2.24) is 0 Å². The Hall–Kier alpha value is -2.34. The van der Waals surface area contributed by atoms with Gasteiger partial charge in [0.15, 0.2) is 0 Å². The average molecular weight is 305 g/mol. The highest BCUT2D eigenvalue weighted by Crippen LogP contribution is 2.20. The van der Waals surface area contributed by atoms with Crippen LogP contribution in [0.2, 0.25) is 0 Å². The molecule has 0 saturated carbocycles. The van der Waals surface area contributed by atoms with Crippen LogP contribution in [0.1, 0.15) is 18.4 Å². The molecule has 2 N–H and O–H groups in total. The zero-order valence-electron chi connectivity index (χ0n) is 11.4. The number of sulfonamides is 1. The SMILES string of the molecule is C[C@@H](C(=O)O)c1ccc(NS(=O)(=O)c2ccccc2)cc1. The quantitative estimate of drug-likeness (QED) is 0.889. The molecule has 0 saturated heterocycles. The average Bonchev–Trinajstić information content (AvgIpc) is 2.48. The molecular formula is C15H15NO4S. The second-order valence-corrected chi connectivity index (χ2v) is 6.28. The zero-order chi connectivity index (χ0) is 15.5. The molecule has 110 valence electrons. The maximum atomic E-state index is 12.1. The number of benzene rings is 2. The topological polar surface area (TPSA) is 83.5 Å². The highest BCUT2D eigenvalue weighted by molar-refractivity contribution is 7.92. The van der Waals surface area contributed by atoms with Gasteiger partial charge in [-0.25, -0.2) is 8.42 Å². The summed E-state index contributed by atoms with van der Waals surface area (Å²) in [5.74, 6) is -1.56. The van der Waals surface area contributed by atoms with Crippen molar-refractivity contribution in [2.75, 3.05) is 4.72 Å². The predicted molar refractivity (Wildman–Crippen MR) is 79.7 cm³/mol. The first-order valence-corrected chi connectivity index (χ1v) is 7.79. The normalized spacial score (nSPS) is 12.6. The number of carboxylic acids is 1. The molecule has 0 spiro atoms. The summed E-state index contributed by atoms with van der Waals surface area (Å²) in [6, 6.07) is 14.3. The molecule has 0 aromatic heterocycles. The Morgan fingerprint density at radius 3 is 2.14 bits per heavy atom. The highest BCUT2D eigenvalue weighted by Gasteiger charge is 2.15. The van der Waals surface area contributed by atoms with Gasteiger partial charge < -0.3 is 5.11 Å². The summed E-state index contributed by atoms with van der Waals surface area (Å²) in [5.41, 5.74) is 1.00.